The molecule has 2 heteroatoms. The first-order chi connectivity index (χ1) is 8.40. The van der Waals surface area contributed by atoms with Crippen LogP contribution in [-0.2, 0) is 6.42 Å². The van der Waals surface area contributed by atoms with E-state index in [1.54, 1.807) is 0 Å². The van der Waals surface area contributed by atoms with Crippen LogP contribution in [0.1, 0.15) is 31.2 Å². The summed E-state index contributed by atoms with van der Waals surface area (Å²) in [5.41, 5.74) is 1.37. The molecule has 2 aliphatic carbocycles. The Hall–Kier alpha value is -0.890. The standard InChI is InChI=1S/C15H22N2/c1-16-14(9-11-5-4-8-17-10-11)15-12-6-2-3-7-13(12)15/h4-5,8,10,12-16H,2-3,6-7,9H2,1H3. The van der Waals surface area contributed by atoms with Gasteiger partial charge >= 0.3 is 0 Å². The summed E-state index contributed by atoms with van der Waals surface area (Å²) >= 11 is 0. The minimum Gasteiger partial charge on any atom is -0.316 e. The van der Waals surface area contributed by atoms with Crippen molar-refractivity contribution in [3.05, 3.63) is 30.1 Å². The summed E-state index contributed by atoms with van der Waals surface area (Å²) in [4.78, 5) is 4.21. The second-order valence-corrected chi connectivity index (χ2v) is 5.65. The van der Waals surface area contributed by atoms with Crippen molar-refractivity contribution in [2.45, 2.75) is 38.1 Å². The zero-order valence-electron chi connectivity index (χ0n) is 10.6. The summed E-state index contributed by atoms with van der Waals surface area (Å²) in [7, 11) is 2.12. The van der Waals surface area contributed by atoms with Gasteiger partial charge in [0.25, 0.3) is 0 Å². The van der Waals surface area contributed by atoms with Crippen molar-refractivity contribution in [1.29, 1.82) is 0 Å². The average molecular weight is 230 g/mol. The highest BCUT2D eigenvalue weighted by atomic mass is 14.9. The van der Waals surface area contributed by atoms with Gasteiger partial charge in [0.15, 0.2) is 0 Å². The van der Waals surface area contributed by atoms with Crippen LogP contribution in [0.2, 0.25) is 0 Å². The molecule has 2 nitrogen and oxygen atoms in total. The molecule has 1 aromatic rings. The van der Waals surface area contributed by atoms with Crippen LogP contribution in [0.15, 0.2) is 24.5 Å². The molecule has 3 rings (SSSR count). The fourth-order valence-corrected chi connectivity index (χ4v) is 3.85. The van der Waals surface area contributed by atoms with Gasteiger partial charge in [0.2, 0.25) is 0 Å². The molecule has 0 radical (unpaired) electrons. The largest absolute Gasteiger partial charge is 0.316 e. The van der Waals surface area contributed by atoms with Gasteiger partial charge in [0.05, 0.1) is 0 Å². The van der Waals surface area contributed by atoms with E-state index in [4.69, 9.17) is 0 Å². The van der Waals surface area contributed by atoms with Gasteiger partial charge in [-0.1, -0.05) is 18.9 Å². The quantitative estimate of drug-likeness (QED) is 0.860. The van der Waals surface area contributed by atoms with Crippen molar-refractivity contribution in [3.8, 4) is 0 Å². The second kappa shape index (κ2) is 4.77. The number of nitrogens with zero attached hydrogens (tertiary/aromatic N) is 1. The molecule has 2 saturated carbocycles. The highest BCUT2D eigenvalue weighted by molar-refractivity contribution is 5.14. The van der Waals surface area contributed by atoms with E-state index >= 15 is 0 Å². The molecule has 92 valence electrons. The van der Waals surface area contributed by atoms with Crippen LogP contribution in [0, 0.1) is 17.8 Å². The zero-order chi connectivity index (χ0) is 11.7. The third-order valence-electron chi connectivity index (χ3n) is 4.74. The summed E-state index contributed by atoms with van der Waals surface area (Å²) in [5.74, 6) is 2.98. The Morgan fingerprint density at radius 1 is 1.35 bits per heavy atom. The van der Waals surface area contributed by atoms with E-state index in [0.29, 0.717) is 6.04 Å². The molecular formula is C15H22N2. The van der Waals surface area contributed by atoms with Gasteiger partial charge in [-0.3, -0.25) is 4.98 Å². The molecule has 0 spiro atoms. The second-order valence-electron chi connectivity index (χ2n) is 5.65. The van der Waals surface area contributed by atoms with E-state index in [0.717, 1.165) is 24.2 Å². The summed E-state index contributed by atoms with van der Waals surface area (Å²) in [5, 5.41) is 3.54. The smallest absolute Gasteiger partial charge is 0.0300 e. The maximum Gasteiger partial charge on any atom is 0.0300 e. The topological polar surface area (TPSA) is 24.9 Å². The van der Waals surface area contributed by atoms with Crippen molar-refractivity contribution in [2.75, 3.05) is 7.05 Å². The Balaban J connectivity index is 1.64. The molecular weight excluding hydrogens is 208 g/mol. The first-order valence-corrected chi connectivity index (χ1v) is 6.96. The lowest BCUT2D eigenvalue weighted by molar-refractivity contribution is 0.459. The van der Waals surface area contributed by atoms with Crippen LogP contribution < -0.4 is 5.32 Å². The summed E-state index contributed by atoms with van der Waals surface area (Å²) in [6, 6.07) is 4.90. The van der Waals surface area contributed by atoms with Crippen molar-refractivity contribution < 1.29 is 0 Å². The van der Waals surface area contributed by atoms with Gasteiger partial charge < -0.3 is 5.32 Å². The molecule has 2 aliphatic rings. The Bertz CT molecular complexity index is 350. The monoisotopic (exact) mass is 230 g/mol. The van der Waals surface area contributed by atoms with Crippen molar-refractivity contribution in [3.63, 3.8) is 0 Å². The molecule has 0 bridgehead atoms. The number of pyridine rings is 1. The van der Waals surface area contributed by atoms with Gasteiger partial charge in [0.1, 0.15) is 0 Å². The van der Waals surface area contributed by atoms with Gasteiger partial charge in [0, 0.05) is 18.4 Å². The normalized spacial score (nSPS) is 32.9. The maximum absolute atomic E-state index is 4.21. The van der Waals surface area contributed by atoms with E-state index in [1.807, 2.05) is 18.5 Å². The van der Waals surface area contributed by atoms with Crippen LogP contribution in [0.4, 0.5) is 0 Å². The predicted octanol–water partition coefficient (Wildman–Crippen LogP) is 2.65. The maximum atomic E-state index is 4.21. The molecule has 0 aliphatic heterocycles. The first kappa shape index (κ1) is 11.2. The lowest BCUT2D eigenvalue weighted by Gasteiger charge is -2.16. The third kappa shape index (κ3) is 2.23. The first-order valence-electron chi connectivity index (χ1n) is 6.96. The number of likely N-dealkylation sites (N-methyl/N-ethyl adjacent to an activating group) is 1. The molecule has 3 atom stereocenters. The van der Waals surface area contributed by atoms with E-state index < -0.39 is 0 Å². The van der Waals surface area contributed by atoms with Crippen molar-refractivity contribution in [1.82, 2.24) is 10.3 Å². The Morgan fingerprint density at radius 3 is 2.71 bits per heavy atom. The zero-order valence-corrected chi connectivity index (χ0v) is 10.6. The number of nitrogens with one attached hydrogen (secondary N) is 1. The Morgan fingerprint density at radius 2 is 2.12 bits per heavy atom. The third-order valence-corrected chi connectivity index (χ3v) is 4.74. The number of aromatic nitrogens is 1. The fourth-order valence-electron chi connectivity index (χ4n) is 3.85. The number of hydrogen-bond acceptors (Lipinski definition) is 2. The SMILES string of the molecule is CNC(Cc1cccnc1)C1C2CCCCC21. The number of hydrogen-bond donors (Lipinski definition) is 1. The number of fused-ring (bicyclic) bond motifs is 1. The molecule has 0 aromatic carbocycles. The molecule has 1 heterocycles. The molecule has 1 aromatic heterocycles. The molecule has 2 fully saturated rings. The lowest BCUT2D eigenvalue weighted by atomic mass is 10.0. The van der Waals surface area contributed by atoms with Crippen LogP contribution in [0.3, 0.4) is 0 Å². The highest BCUT2D eigenvalue weighted by Crippen LogP contribution is 2.57. The van der Waals surface area contributed by atoms with Crippen LogP contribution in [-0.4, -0.2) is 18.1 Å². The van der Waals surface area contributed by atoms with Crippen LogP contribution in [0.25, 0.3) is 0 Å². The van der Waals surface area contributed by atoms with Crippen LogP contribution in [0.5, 0.6) is 0 Å². The van der Waals surface area contributed by atoms with Crippen LogP contribution >= 0.6 is 0 Å². The molecule has 1 N–H and O–H groups in total. The number of rotatable bonds is 4. The summed E-state index contributed by atoms with van der Waals surface area (Å²) < 4.78 is 0. The van der Waals surface area contributed by atoms with Crippen molar-refractivity contribution in [2.24, 2.45) is 17.8 Å². The van der Waals surface area contributed by atoms with Gasteiger partial charge in [-0.15, -0.1) is 0 Å². The predicted molar refractivity (Wildman–Crippen MR) is 69.7 cm³/mol. The molecule has 0 saturated heterocycles. The molecule has 17 heavy (non-hydrogen) atoms. The van der Waals surface area contributed by atoms with Crippen molar-refractivity contribution >= 4 is 0 Å². The summed E-state index contributed by atoms with van der Waals surface area (Å²) in [6.45, 7) is 0. The summed E-state index contributed by atoms with van der Waals surface area (Å²) in [6.07, 6.45) is 10.9. The molecule has 3 unspecified atom stereocenters. The Kier molecular flexibility index (Phi) is 3.15. The minimum absolute atomic E-state index is 0.660. The fraction of sp³-hybridized carbons (Fsp3) is 0.667. The van der Waals surface area contributed by atoms with E-state index in [1.165, 1.54) is 31.2 Å². The lowest BCUT2D eigenvalue weighted by Crippen LogP contribution is -2.31. The molecule has 0 amide bonds. The van der Waals surface area contributed by atoms with E-state index in [2.05, 4.69) is 23.4 Å². The highest BCUT2D eigenvalue weighted by Gasteiger charge is 2.53. The van der Waals surface area contributed by atoms with Gasteiger partial charge in [-0.05, 0) is 55.7 Å². The van der Waals surface area contributed by atoms with Gasteiger partial charge in [-0.2, -0.15) is 0 Å². The minimum atomic E-state index is 0.660. The van der Waals surface area contributed by atoms with E-state index in [-0.39, 0.29) is 0 Å². The Labute approximate surface area is 104 Å². The van der Waals surface area contributed by atoms with Gasteiger partial charge in [-0.25, -0.2) is 0 Å². The average Bonchev–Trinajstić information content (AvgIpc) is 3.11. The van der Waals surface area contributed by atoms with E-state index in [9.17, 15) is 0 Å².